The lowest BCUT2D eigenvalue weighted by Gasteiger charge is -2.63. The summed E-state index contributed by atoms with van der Waals surface area (Å²) in [7, 11) is 0. The Balaban J connectivity index is 1.61. The van der Waals surface area contributed by atoms with Crippen LogP contribution in [0.3, 0.4) is 0 Å². The minimum Gasteiger partial charge on any atom is -0.481 e. The number of aliphatic carboxylic acids is 1. The van der Waals surface area contributed by atoms with Crippen molar-refractivity contribution in [2.45, 2.75) is 96.9 Å². The zero-order valence-electron chi connectivity index (χ0n) is 18.3. The highest BCUT2D eigenvalue weighted by molar-refractivity contribution is 5.66. The first kappa shape index (κ1) is 21.6. The summed E-state index contributed by atoms with van der Waals surface area (Å²) in [6.07, 6.45) is 6.00. The van der Waals surface area contributed by atoms with Crippen LogP contribution in [0.25, 0.3) is 0 Å². The Morgan fingerprint density at radius 1 is 1.03 bits per heavy atom. The number of fused-ring (bicyclic) bond motifs is 5. The van der Waals surface area contributed by atoms with Gasteiger partial charge in [-0.1, -0.05) is 20.8 Å². The van der Waals surface area contributed by atoms with E-state index in [2.05, 4.69) is 20.8 Å². The van der Waals surface area contributed by atoms with Gasteiger partial charge in [-0.2, -0.15) is 0 Å². The Labute approximate surface area is 174 Å². The van der Waals surface area contributed by atoms with E-state index in [9.17, 15) is 20.1 Å². The van der Waals surface area contributed by atoms with E-state index >= 15 is 0 Å². The van der Waals surface area contributed by atoms with Crippen molar-refractivity contribution in [3.63, 3.8) is 0 Å². The molecule has 0 radical (unpaired) electrons. The van der Waals surface area contributed by atoms with Gasteiger partial charge in [0.2, 0.25) is 0 Å². The second-order valence-electron chi connectivity index (χ2n) is 11.4. The van der Waals surface area contributed by atoms with Crippen LogP contribution in [0, 0.1) is 46.3 Å². The molecule has 4 aliphatic carbocycles. The number of carbonyl (C=O) groups is 1. The van der Waals surface area contributed by atoms with E-state index in [0.717, 1.165) is 44.9 Å². The van der Waals surface area contributed by atoms with Crippen LogP contribution in [0.1, 0.15) is 78.6 Å². The SMILES string of the molecule is CC(CCC(=O)O)C1CC[C@H]2C3C(O)CC4C[C@H](O)CC[C@]4(C)[C@H]3C[C@H](O)[C@]12C. The molecule has 4 N–H and O–H groups in total. The summed E-state index contributed by atoms with van der Waals surface area (Å²) in [6.45, 7) is 6.72. The van der Waals surface area contributed by atoms with Crippen molar-refractivity contribution in [2.24, 2.45) is 46.3 Å². The van der Waals surface area contributed by atoms with Crippen molar-refractivity contribution in [3.8, 4) is 0 Å². The van der Waals surface area contributed by atoms with E-state index in [0.29, 0.717) is 30.1 Å². The third-order valence-corrected chi connectivity index (χ3v) is 10.3. The average molecular weight is 409 g/mol. The number of aliphatic hydroxyl groups is 3. The molecule has 166 valence electrons. The molecule has 0 aromatic carbocycles. The van der Waals surface area contributed by atoms with Crippen LogP contribution in [-0.2, 0) is 4.79 Å². The van der Waals surface area contributed by atoms with Gasteiger partial charge >= 0.3 is 5.97 Å². The van der Waals surface area contributed by atoms with Gasteiger partial charge in [-0.15, -0.1) is 0 Å². The standard InChI is InChI=1S/C24H40O5/c1-13(4-7-21(28)29)16-5-6-17-22-18(12-20(27)24(16,17)3)23(2)9-8-15(25)10-14(23)11-19(22)26/h13-20,22,25-27H,4-12H2,1-3H3,(H,28,29)/t13?,14?,15-,16?,17+,18+,19?,20+,22?,23+,24-/m1/s1. The minimum absolute atomic E-state index is 0.0957. The monoisotopic (exact) mass is 408 g/mol. The zero-order chi connectivity index (χ0) is 21.1. The summed E-state index contributed by atoms with van der Waals surface area (Å²) in [5.74, 6) is 0.997. The molecular formula is C24H40O5. The molecule has 0 aromatic rings. The van der Waals surface area contributed by atoms with E-state index in [-0.39, 0.29) is 41.3 Å². The second kappa shape index (κ2) is 7.49. The fourth-order valence-electron chi connectivity index (χ4n) is 8.68. The van der Waals surface area contributed by atoms with E-state index in [1.165, 1.54) is 0 Å². The third kappa shape index (κ3) is 3.27. The molecule has 4 saturated carbocycles. The van der Waals surface area contributed by atoms with Crippen LogP contribution in [0.15, 0.2) is 0 Å². The van der Waals surface area contributed by atoms with Gasteiger partial charge in [0.15, 0.2) is 0 Å². The summed E-state index contributed by atoms with van der Waals surface area (Å²) in [4.78, 5) is 11.1. The molecule has 0 bridgehead atoms. The van der Waals surface area contributed by atoms with Gasteiger partial charge in [-0.3, -0.25) is 4.79 Å². The first-order valence-electron chi connectivity index (χ1n) is 11.8. The lowest BCUT2D eigenvalue weighted by molar-refractivity contribution is -0.207. The molecule has 0 heterocycles. The summed E-state index contributed by atoms with van der Waals surface area (Å²) in [5, 5.41) is 42.0. The molecule has 4 rings (SSSR count). The van der Waals surface area contributed by atoms with Crippen LogP contribution in [0.4, 0.5) is 0 Å². The van der Waals surface area contributed by atoms with E-state index in [1.54, 1.807) is 0 Å². The molecule has 0 saturated heterocycles. The van der Waals surface area contributed by atoms with Gasteiger partial charge in [0, 0.05) is 6.42 Å². The van der Waals surface area contributed by atoms with Gasteiger partial charge < -0.3 is 20.4 Å². The van der Waals surface area contributed by atoms with Gasteiger partial charge in [-0.05, 0) is 97.7 Å². The normalized spacial score (nSPS) is 52.9. The molecule has 4 fully saturated rings. The highest BCUT2D eigenvalue weighted by atomic mass is 16.4. The van der Waals surface area contributed by atoms with Crippen LogP contribution < -0.4 is 0 Å². The van der Waals surface area contributed by atoms with Gasteiger partial charge in [0.1, 0.15) is 0 Å². The molecule has 0 amide bonds. The predicted octanol–water partition coefficient (Wildman–Crippen LogP) is 3.45. The summed E-state index contributed by atoms with van der Waals surface area (Å²) in [6, 6.07) is 0. The van der Waals surface area contributed by atoms with Gasteiger partial charge in [0.05, 0.1) is 18.3 Å². The number of hydrogen-bond acceptors (Lipinski definition) is 4. The molecule has 0 aliphatic heterocycles. The maximum Gasteiger partial charge on any atom is 0.303 e. The number of carboxylic acid groups (broad SMARTS) is 1. The van der Waals surface area contributed by atoms with Crippen molar-refractivity contribution < 1.29 is 25.2 Å². The molecule has 29 heavy (non-hydrogen) atoms. The maximum absolute atomic E-state index is 11.5. The Hall–Kier alpha value is -0.650. The fraction of sp³-hybridized carbons (Fsp3) is 0.958. The summed E-state index contributed by atoms with van der Waals surface area (Å²) < 4.78 is 0. The van der Waals surface area contributed by atoms with Crippen LogP contribution in [-0.4, -0.2) is 44.7 Å². The van der Waals surface area contributed by atoms with Crippen molar-refractivity contribution in [1.29, 1.82) is 0 Å². The largest absolute Gasteiger partial charge is 0.481 e. The second-order valence-corrected chi connectivity index (χ2v) is 11.4. The molecule has 0 spiro atoms. The van der Waals surface area contributed by atoms with Crippen LogP contribution in [0.2, 0.25) is 0 Å². The zero-order valence-corrected chi connectivity index (χ0v) is 18.3. The molecule has 11 atom stereocenters. The van der Waals surface area contributed by atoms with Crippen LogP contribution >= 0.6 is 0 Å². The molecular weight excluding hydrogens is 368 g/mol. The Bertz CT molecular complexity index is 637. The fourth-order valence-corrected chi connectivity index (χ4v) is 8.68. The predicted molar refractivity (Wildman–Crippen MR) is 110 cm³/mol. The third-order valence-electron chi connectivity index (χ3n) is 10.3. The van der Waals surface area contributed by atoms with Gasteiger partial charge in [0.25, 0.3) is 0 Å². The number of hydrogen-bond donors (Lipinski definition) is 4. The molecule has 0 aromatic heterocycles. The number of rotatable bonds is 4. The van der Waals surface area contributed by atoms with Crippen molar-refractivity contribution in [2.75, 3.05) is 0 Å². The van der Waals surface area contributed by atoms with E-state index < -0.39 is 12.1 Å². The Morgan fingerprint density at radius 2 is 1.76 bits per heavy atom. The average Bonchev–Trinajstić information content (AvgIpc) is 3.01. The van der Waals surface area contributed by atoms with E-state index in [4.69, 9.17) is 5.11 Å². The molecule has 5 heteroatoms. The highest BCUT2D eigenvalue weighted by Gasteiger charge is 2.65. The Kier molecular flexibility index (Phi) is 5.57. The Morgan fingerprint density at radius 3 is 2.45 bits per heavy atom. The summed E-state index contributed by atoms with van der Waals surface area (Å²) >= 11 is 0. The summed E-state index contributed by atoms with van der Waals surface area (Å²) in [5.41, 5.74) is -0.143. The number of carboxylic acids is 1. The van der Waals surface area contributed by atoms with E-state index in [1.807, 2.05) is 0 Å². The lowest BCUT2D eigenvalue weighted by atomic mass is 9.43. The minimum atomic E-state index is -0.748. The smallest absolute Gasteiger partial charge is 0.303 e. The van der Waals surface area contributed by atoms with Crippen molar-refractivity contribution >= 4 is 5.97 Å². The highest BCUT2D eigenvalue weighted by Crippen LogP contribution is 2.68. The van der Waals surface area contributed by atoms with Crippen LogP contribution in [0.5, 0.6) is 0 Å². The maximum atomic E-state index is 11.5. The number of aliphatic hydroxyl groups excluding tert-OH is 3. The van der Waals surface area contributed by atoms with Gasteiger partial charge in [-0.25, -0.2) is 0 Å². The van der Waals surface area contributed by atoms with Crippen molar-refractivity contribution in [1.82, 2.24) is 0 Å². The van der Waals surface area contributed by atoms with Crippen molar-refractivity contribution in [3.05, 3.63) is 0 Å². The molecule has 5 nitrogen and oxygen atoms in total. The lowest BCUT2D eigenvalue weighted by Crippen LogP contribution is -2.62. The molecule has 5 unspecified atom stereocenters. The first-order valence-corrected chi connectivity index (χ1v) is 11.8. The quantitative estimate of drug-likeness (QED) is 0.571. The first-order chi connectivity index (χ1) is 13.6. The topological polar surface area (TPSA) is 98.0 Å². The molecule has 4 aliphatic rings.